The third kappa shape index (κ3) is 4.50. The molecule has 4 aromatic rings. The number of furan rings is 1. The molecule has 3 aromatic heterocycles. The Kier molecular flexibility index (Phi) is 7.12. The van der Waals surface area contributed by atoms with Crippen molar-refractivity contribution in [1.82, 2.24) is 23.5 Å². The van der Waals surface area contributed by atoms with Crippen LogP contribution in [0.3, 0.4) is 0 Å². The molecule has 0 saturated heterocycles. The number of aryl methyl sites for hydroxylation is 2. The van der Waals surface area contributed by atoms with Crippen molar-refractivity contribution in [3.05, 3.63) is 107 Å². The molecule has 0 saturated carbocycles. The van der Waals surface area contributed by atoms with Crippen LogP contribution in [-0.4, -0.2) is 54.4 Å². The van der Waals surface area contributed by atoms with Gasteiger partial charge in [0.15, 0.2) is 23.1 Å². The fourth-order valence-corrected chi connectivity index (χ4v) is 6.92. The molecule has 0 fully saturated rings. The van der Waals surface area contributed by atoms with E-state index in [0.29, 0.717) is 39.4 Å². The average Bonchev–Trinajstić information content (AvgIpc) is 3.65. The maximum atomic E-state index is 14.0. The molecule has 3 aliphatic rings. The van der Waals surface area contributed by atoms with Crippen LogP contribution in [0.2, 0.25) is 0 Å². The first-order valence-corrected chi connectivity index (χ1v) is 15.0. The minimum atomic E-state index is -0.788. The second-order valence-electron chi connectivity index (χ2n) is 11.7. The van der Waals surface area contributed by atoms with Crippen molar-refractivity contribution in [1.29, 1.82) is 0 Å². The summed E-state index contributed by atoms with van der Waals surface area (Å²) in [4.78, 5) is 72.2. The topological polar surface area (TPSA) is 170 Å². The highest BCUT2D eigenvalue weighted by Crippen LogP contribution is 2.50. The Labute approximate surface area is 266 Å². The predicted molar refractivity (Wildman–Crippen MR) is 167 cm³/mol. The summed E-state index contributed by atoms with van der Waals surface area (Å²) in [7, 11) is 4.59. The van der Waals surface area contributed by atoms with Gasteiger partial charge in [-0.05, 0) is 30.7 Å². The number of carbonyl (C=O) groups is 2. The lowest BCUT2D eigenvalue weighted by Gasteiger charge is -2.38. The molecule has 14 nitrogen and oxygen atoms in total. The summed E-state index contributed by atoms with van der Waals surface area (Å²) in [6.07, 6.45) is 3.10. The fourth-order valence-electron chi connectivity index (χ4n) is 6.92. The molecule has 0 spiro atoms. The van der Waals surface area contributed by atoms with Gasteiger partial charge in [0, 0.05) is 55.3 Å². The zero-order valence-corrected chi connectivity index (χ0v) is 26.1. The molecule has 1 aliphatic heterocycles. The van der Waals surface area contributed by atoms with E-state index in [4.69, 9.17) is 13.9 Å². The van der Waals surface area contributed by atoms with Crippen LogP contribution in [-0.2, 0) is 42.8 Å². The summed E-state index contributed by atoms with van der Waals surface area (Å²) in [5, 5.41) is 9.64. The van der Waals surface area contributed by atoms with Crippen molar-refractivity contribution in [3.63, 3.8) is 0 Å². The maximum Gasteiger partial charge on any atom is 0.347 e. The summed E-state index contributed by atoms with van der Waals surface area (Å²) in [6.45, 7) is 1.14. The van der Waals surface area contributed by atoms with Crippen molar-refractivity contribution in [2.45, 2.75) is 51.4 Å². The van der Waals surface area contributed by atoms with Crippen LogP contribution in [0.15, 0.2) is 77.5 Å². The number of carbonyl (C=O) groups excluding carboxylic acids is 2. The van der Waals surface area contributed by atoms with Crippen LogP contribution in [0.5, 0.6) is 11.5 Å². The largest absolute Gasteiger partial charge is 0.493 e. The fraction of sp³-hybridized carbons (Fsp3) is 0.333. The minimum absolute atomic E-state index is 0.00755. The Balaban J connectivity index is 1.28. The highest BCUT2D eigenvalue weighted by molar-refractivity contribution is 6.23. The Hall–Kier alpha value is -5.50. The minimum Gasteiger partial charge on any atom is -0.493 e. The van der Waals surface area contributed by atoms with Gasteiger partial charge in [0.2, 0.25) is 0 Å². The molecule has 1 aromatic carbocycles. The molecular formula is C33H31N5O9. The maximum absolute atomic E-state index is 14.0. The molecule has 242 valence electrons. The van der Waals surface area contributed by atoms with Crippen molar-refractivity contribution >= 4 is 22.6 Å². The Morgan fingerprint density at radius 1 is 1.04 bits per heavy atom. The van der Waals surface area contributed by atoms with Crippen LogP contribution < -0.4 is 26.4 Å². The van der Waals surface area contributed by atoms with Crippen molar-refractivity contribution < 1.29 is 28.6 Å². The molecule has 4 heterocycles. The summed E-state index contributed by atoms with van der Waals surface area (Å²) in [5.41, 5.74) is 1.07. The highest BCUT2D eigenvalue weighted by atomic mass is 16.5. The molecule has 7 rings (SSSR count). The third-order valence-corrected chi connectivity index (χ3v) is 9.26. The number of Topliss-reactive ketones (excluding diaryl/α,β-unsaturated/α-hetero) is 1. The number of methoxy groups -OCH3 is 2. The molecule has 14 heteroatoms. The quantitative estimate of drug-likeness (QED) is 0.230. The number of aliphatic hydroxyl groups excluding tert-OH is 1. The second-order valence-corrected chi connectivity index (χ2v) is 11.7. The number of benzene rings is 1. The van der Waals surface area contributed by atoms with E-state index in [1.807, 2.05) is 0 Å². The van der Waals surface area contributed by atoms with E-state index < -0.39 is 23.3 Å². The Morgan fingerprint density at radius 2 is 1.79 bits per heavy atom. The number of hydrogen-bond donors (Lipinski definition) is 1. The van der Waals surface area contributed by atoms with Gasteiger partial charge in [-0.1, -0.05) is 6.08 Å². The van der Waals surface area contributed by atoms with Gasteiger partial charge in [-0.15, -0.1) is 0 Å². The van der Waals surface area contributed by atoms with Crippen LogP contribution in [0.4, 0.5) is 0 Å². The van der Waals surface area contributed by atoms with E-state index in [1.54, 1.807) is 44.3 Å². The summed E-state index contributed by atoms with van der Waals surface area (Å²) in [6, 6.07) is 5.80. The summed E-state index contributed by atoms with van der Waals surface area (Å²) in [5.74, 6) is 0.0935. The lowest BCUT2D eigenvalue weighted by Crippen LogP contribution is -2.40. The summed E-state index contributed by atoms with van der Waals surface area (Å²) < 4.78 is 21.7. The number of ether oxygens (including phenoxy) is 2. The highest BCUT2D eigenvalue weighted by Gasteiger charge is 2.46. The number of allylic oxidation sites excluding steroid dienone is 6. The van der Waals surface area contributed by atoms with Gasteiger partial charge in [-0.25, -0.2) is 28.5 Å². The SMILES string of the molecule is COc1cc2nc(CCn3c(=O)n4n(c3=O)[C@@H]3CC5=C(C(=O)C(C)=CC5=O)[C@@H](c5ccc(CO)o5)C3=CC4)c(=O)n(C)c2cc1OC. The second kappa shape index (κ2) is 11.1. The van der Waals surface area contributed by atoms with Crippen LogP contribution >= 0.6 is 0 Å². The van der Waals surface area contributed by atoms with Crippen LogP contribution in [0.1, 0.15) is 42.5 Å². The van der Waals surface area contributed by atoms with Crippen LogP contribution in [0.25, 0.3) is 11.0 Å². The van der Waals surface area contributed by atoms with Gasteiger partial charge < -0.3 is 23.6 Å². The van der Waals surface area contributed by atoms with Crippen molar-refractivity contribution in [3.8, 4) is 11.5 Å². The van der Waals surface area contributed by atoms with E-state index in [2.05, 4.69) is 4.98 Å². The standard InChI is InChI=1S/C33H31N5O9/c1-16-11-24(40)19-12-22-18(28(29(19)30(16)41)25-6-5-17(15-39)47-25)7-10-37-32(43)36(33(44)38(22)37)9-8-20-31(42)35(2)23-14-27(46-4)26(45-3)13-21(23)34-20/h5-7,11,13-14,22,28,39H,8-10,12,15H2,1-4H3/t22-,28-/m1/s1. The Morgan fingerprint density at radius 3 is 2.49 bits per heavy atom. The number of aromatic nitrogens is 5. The molecule has 0 radical (unpaired) electrons. The molecule has 0 bridgehead atoms. The Bertz CT molecular complexity index is 2310. The van der Waals surface area contributed by atoms with E-state index in [1.165, 1.54) is 34.2 Å². The lowest BCUT2D eigenvalue weighted by molar-refractivity contribution is -0.116. The van der Waals surface area contributed by atoms with E-state index in [0.717, 1.165) is 4.57 Å². The molecule has 0 unspecified atom stereocenters. The van der Waals surface area contributed by atoms with Crippen molar-refractivity contribution in [2.75, 3.05) is 14.2 Å². The van der Waals surface area contributed by atoms with Gasteiger partial charge in [0.05, 0.1) is 43.8 Å². The zero-order valence-electron chi connectivity index (χ0n) is 26.1. The first kappa shape index (κ1) is 30.2. The first-order valence-electron chi connectivity index (χ1n) is 15.0. The lowest BCUT2D eigenvalue weighted by atomic mass is 9.69. The molecule has 47 heavy (non-hydrogen) atoms. The van der Waals surface area contributed by atoms with Crippen LogP contribution in [0, 0.1) is 0 Å². The third-order valence-electron chi connectivity index (χ3n) is 9.26. The average molecular weight is 642 g/mol. The first-order chi connectivity index (χ1) is 22.6. The number of fused-ring (bicyclic) bond motifs is 4. The van der Waals surface area contributed by atoms with Gasteiger partial charge >= 0.3 is 11.4 Å². The summed E-state index contributed by atoms with van der Waals surface area (Å²) >= 11 is 0. The molecule has 0 amide bonds. The van der Waals surface area contributed by atoms with Gasteiger partial charge in [0.1, 0.15) is 23.8 Å². The normalized spacial score (nSPS) is 18.9. The van der Waals surface area contributed by atoms with E-state index >= 15 is 0 Å². The predicted octanol–water partition coefficient (Wildman–Crippen LogP) is 1.47. The number of aliphatic hydroxyl groups is 1. The van der Waals surface area contributed by atoms with Gasteiger partial charge in [-0.3, -0.25) is 14.4 Å². The molecule has 2 aliphatic carbocycles. The van der Waals surface area contributed by atoms with E-state index in [9.17, 15) is 29.1 Å². The number of rotatable bonds is 7. The monoisotopic (exact) mass is 641 g/mol. The zero-order chi connectivity index (χ0) is 33.3. The molecule has 2 atom stereocenters. The number of hydrogen-bond acceptors (Lipinski definition) is 10. The molecular weight excluding hydrogens is 610 g/mol. The number of nitrogens with zero attached hydrogens (tertiary/aromatic N) is 5. The van der Waals surface area contributed by atoms with E-state index in [-0.39, 0.29) is 72.3 Å². The molecule has 1 N–H and O–H groups in total. The smallest absolute Gasteiger partial charge is 0.347 e. The van der Waals surface area contributed by atoms with Gasteiger partial charge in [-0.2, -0.15) is 0 Å². The number of ketones is 2. The van der Waals surface area contributed by atoms with Crippen molar-refractivity contribution in [2.24, 2.45) is 7.05 Å². The van der Waals surface area contributed by atoms with Gasteiger partial charge in [0.25, 0.3) is 5.56 Å².